The molecule has 1 fully saturated rings. The van der Waals surface area contributed by atoms with Gasteiger partial charge in [-0.2, -0.15) is 15.8 Å². The number of hydrogen-bond donors (Lipinski definition) is 1. The molecule has 1 aliphatic heterocycles. The van der Waals surface area contributed by atoms with Crippen LogP contribution in [0.3, 0.4) is 0 Å². The zero-order valence-corrected chi connectivity index (χ0v) is 12.0. The van der Waals surface area contributed by atoms with E-state index in [1.807, 2.05) is 18.2 Å². The van der Waals surface area contributed by atoms with Crippen molar-refractivity contribution in [3.05, 3.63) is 0 Å². The first-order valence-electron chi connectivity index (χ1n) is 6.80. The Morgan fingerprint density at radius 2 is 1.67 bits per heavy atom. The Kier molecular flexibility index (Phi) is 7.60. The molecule has 0 saturated carbocycles. The first-order valence-corrected chi connectivity index (χ1v) is 6.80. The summed E-state index contributed by atoms with van der Waals surface area (Å²) in [5, 5.41) is 28.7. The maximum Gasteiger partial charge on any atom is 0.320 e. The predicted octanol–water partition coefficient (Wildman–Crippen LogP) is -0.814. The quantitative estimate of drug-likeness (QED) is 0.439. The lowest BCUT2D eigenvalue weighted by Crippen LogP contribution is -2.40. The lowest BCUT2D eigenvalue weighted by atomic mass is 10.4. The highest BCUT2D eigenvalue weighted by molar-refractivity contribution is 5.76. The smallest absolute Gasteiger partial charge is 0.320 e. The second kappa shape index (κ2) is 9.55. The summed E-state index contributed by atoms with van der Waals surface area (Å²) >= 11 is 0. The van der Waals surface area contributed by atoms with Crippen molar-refractivity contribution < 1.29 is 4.79 Å². The van der Waals surface area contributed by atoms with Crippen molar-refractivity contribution in [3.63, 3.8) is 0 Å². The number of carbonyl (C=O) groups excluding carboxylic acids is 1. The van der Waals surface area contributed by atoms with Gasteiger partial charge in [0.2, 0.25) is 0 Å². The summed E-state index contributed by atoms with van der Waals surface area (Å²) < 4.78 is 0. The van der Waals surface area contributed by atoms with Crippen molar-refractivity contribution in [1.29, 1.82) is 15.8 Å². The molecule has 0 aromatic rings. The van der Waals surface area contributed by atoms with Gasteiger partial charge >= 0.3 is 6.03 Å². The molecule has 0 aliphatic carbocycles. The number of carbonyl (C=O) groups is 1. The summed E-state index contributed by atoms with van der Waals surface area (Å²) in [5.41, 5.74) is 0. The number of amides is 2. The van der Waals surface area contributed by atoms with Crippen LogP contribution in [-0.4, -0.2) is 79.6 Å². The SMILES string of the molecule is N#CCNCCN1CCN(CCN(CC#N)CC#N)C1=O. The zero-order valence-electron chi connectivity index (χ0n) is 12.0. The van der Waals surface area contributed by atoms with E-state index in [4.69, 9.17) is 15.8 Å². The van der Waals surface area contributed by atoms with Crippen LogP contribution < -0.4 is 5.32 Å². The summed E-state index contributed by atoms with van der Waals surface area (Å²) in [6.07, 6.45) is 0. The minimum atomic E-state index is -0.0253. The van der Waals surface area contributed by atoms with Crippen molar-refractivity contribution in [3.8, 4) is 18.2 Å². The minimum absolute atomic E-state index is 0.0253. The van der Waals surface area contributed by atoms with Crippen molar-refractivity contribution in [1.82, 2.24) is 20.0 Å². The van der Waals surface area contributed by atoms with E-state index >= 15 is 0 Å². The van der Waals surface area contributed by atoms with Crippen LogP contribution in [0.25, 0.3) is 0 Å². The van der Waals surface area contributed by atoms with E-state index < -0.39 is 0 Å². The van der Waals surface area contributed by atoms with Gasteiger partial charge in [-0.25, -0.2) is 4.79 Å². The predicted molar refractivity (Wildman–Crippen MR) is 74.7 cm³/mol. The van der Waals surface area contributed by atoms with Gasteiger partial charge in [-0.1, -0.05) is 0 Å². The summed E-state index contributed by atoms with van der Waals surface area (Å²) in [7, 11) is 0. The molecule has 21 heavy (non-hydrogen) atoms. The van der Waals surface area contributed by atoms with Crippen LogP contribution in [0.4, 0.5) is 4.79 Å². The third kappa shape index (κ3) is 5.66. The Morgan fingerprint density at radius 1 is 1.05 bits per heavy atom. The summed E-state index contributed by atoms with van der Waals surface area (Å²) in [5.74, 6) is 0. The van der Waals surface area contributed by atoms with E-state index in [9.17, 15) is 4.79 Å². The highest BCUT2D eigenvalue weighted by atomic mass is 16.2. The molecule has 1 heterocycles. The van der Waals surface area contributed by atoms with Crippen molar-refractivity contribution >= 4 is 6.03 Å². The van der Waals surface area contributed by atoms with Crippen molar-refractivity contribution in [2.45, 2.75) is 0 Å². The van der Waals surface area contributed by atoms with Crippen LogP contribution >= 0.6 is 0 Å². The Bertz CT molecular complexity index is 443. The minimum Gasteiger partial charge on any atom is -0.322 e. The molecule has 1 rings (SSSR count). The molecular weight excluding hydrogens is 270 g/mol. The van der Waals surface area contributed by atoms with Gasteiger partial charge in [0.25, 0.3) is 0 Å². The van der Waals surface area contributed by atoms with Gasteiger partial charge in [-0.3, -0.25) is 4.90 Å². The van der Waals surface area contributed by atoms with Crippen LogP contribution in [-0.2, 0) is 0 Å². The molecule has 1 N–H and O–H groups in total. The number of hydrogen-bond acceptors (Lipinski definition) is 6. The lowest BCUT2D eigenvalue weighted by molar-refractivity contribution is 0.186. The van der Waals surface area contributed by atoms with E-state index in [1.54, 1.807) is 14.7 Å². The molecule has 0 atom stereocenters. The Labute approximate surface area is 124 Å². The molecule has 0 aromatic heterocycles. The summed E-state index contributed by atoms with van der Waals surface area (Å²) in [4.78, 5) is 17.3. The molecule has 0 radical (unpaired) electrons. The molecule has 8 heteroatoms. The Balaban J connectivity index is 2.31. The molecule has 8 nitrogen and oxygen atoms in total. The maximum atomic E-state index is 12.1. The van der Waals surface area contributed by atoms with E-state index in [2.05, 4.69) is 5.32 Å². The maximum absolute atomic E-state index is 12.1. The summed E-state index contributed by atoms with van der Waals surface area (Å²) in [6.45, 7) is 4.21. The summed E-state index contributed by atoms with van der Waals surface area (Å²) in [6, 6.07) is 5.99. The standard InChI is InChI=1S/C13H19N7O/c14-1-4-17-5-8-19-11-12-20(13(19)21)10-9-18(6-2-15)7-3-16/h17H,4-12H2. The molecule has 0 bridgehead atoms. The third-order valence-corrected chi connectivity index (χ3v) is 3.22. The van der Waals surface area contributed by atoms with Crippen molar-refractivity contribution in [2.24, 2.45) is 0 Å². The number of nitrogens with one attached hydrogen (secondary N) is 1. The molecule has 0 aromatic carbocycles. The monoisotopic (exact) mass is 289 g/mol. The topological polar surface area (TPSA) is 110 Å². The van der Waals surface area contributed by atoms with Crippen molar-refractivity contribution in [2.75, 3.05) is 58.9 Å². The van der Waals surface area contributed by atoms with E-state index in [-0.39, 0.29) is 25.7 Å². The average Bonchev–Trinajstić information content (AvgIpc) is 2.82. The Hall–Kier alpha value is -2.34. The van der Waals surface area contributed by atoms with Crippen LogP contribution in [0.2, 0.25) is 0 Å². The van der Waals surface area contributed by atoms with Gasteiger partial charge in [0, 0.05) is 39.3 Å². The fourth-order valence-electron chi connectivity index (χ4n) is 2.08. The molecule has 112 valence electrons. The first kappa shape index (κ1) is 16.7. The van der Waals surface area contributed by atoms with Crippen LogP contribution in [0.15, 0.2) is 0 Å². The van der Waals surface area contributed by atoms with Crippen LogP contribution in [0.1, 0.15) is 0 Å². The van der Waals surface area contributed by atoms with E-state index in [0.29, 0.717) is 39.3 Å². The molecule has 1 saturated heterocycles. The zero-order chi connectivity index (χ0) is 15.5. The number of urea groups is 1. The number of nitriles is 3. The molecular formula is C13H19N7O. The highest BCUT2D eigenvalue weighted by Gasteiger charge is 2.27. The molecule has 1 aliphatic rings. The van der Waals surface area contributed by atoms with Gasteiger partial charge < -0.3 is 15.1 Å². The van der Waals surface area contributed by atoms with E-state index in [1.165, 1.54) is 0 Å². The third-order valence-electron chi connectivity index (χ3n) is 3.22. The largest absolute Gasteiger partial charge is 0.322 e. The lowest BCUT2D eigenvalue weighted by Gasteiger charge is -2.21. The molecule has 0 spiro atoms. The molecule has 0 unspecified atom stereocenters. The molecule has 2 amide bonds. The van der Waals surface area contributed by atoms with Gasteiger partial charge in [0.05, 0.1) is 37.8 Å². The normalized spacial score (nSPS) is 14.1. The van der Waals surface area contributed by atoms with Crippen LogP contribution in [0.5, 0.6) is 0 Å². The highest BCUT2D eigenvalue weighted by Crippen LogP contribution is 2.07. The second-order valence-electron chi connectivity index (χ2n) is 4.62. The van der Waals surface area contributed by atoms with Gasteiger partial charge in [0.1, 0.15) is 0 Å². The van der Waals surface area contributed by atoms with Crippen LogP contribution in [0, 0.1) is 34.0 Å². The van der Waals surface area contributed by atoms with Gasteiger partial charge in [-0.15, -0.1) is 0 Å². The number of nitrogens with zero attached hydrogens (tertiary/aromatic N) is 6. The fraction of sp³-hybridized carbons (Fsp3) is 0.692. The average molecular weight is 289 g/mol. The van der Waals surface area contributed by atoms with Gasteiger partial charge in [0.15, 0.2) is 0 Å². The Morgan fingerprint density at radius 3 is 2.24 bits per heavy atom. The second-order valence-corrected chi connectivity index (χ2v) is 4.62. The van der Waals surface area contributed by atoms with E-state index in [0.717, 1.165) is 0 Å². The first-order chi connectivity index (χ1) is 10.2. The fourth-order valence-corrected chi connectivity index (χ4v) is 2.08. The number of rotatable bonds is 9. The van der Waals surface area contributed by atoms with Gasteiger partial charge in [-0.05, 0) is 0 Å².